The van der Waals surface area contributed by atoms with Crippen molar-refractivity contribution in [2.75, 3.05) is 0 Å². The molecule has 1 aliphatic carbocycles. The fraction of sp³-hybridized carbons (Fsp3) is 0.632. The summed E-state index contributed by atoms with van der Waals surface area (Å²) in [6.07, 6.45) is 7.80. The molecule has 1 saturated carbocycles. The van der Waals surface area contributed by atoms with Crippen LogP contribution in [0.15, 0.2) is 30.5 Å². The summed E-state index contributed by atoms with van der Waals surface area (Å²) in [6.45, 7) is 9.45. The Morgan fingerprint density at radius 1 is 1.41 bits per heavy atom. The van der Waals surface area contributed by atoms with Crippen LogP contribution in [0.4, 0.5) is 8.78 Å². The molecular formula is C19H27F2N. The number of pyridine rings is 1. The molecule has 2 atom stereocenters. The second kappa shape index (κ2) is 6.47. The van der Waals surface area contributed by atoms with Gasteiger partial charge in [-0.25, -0.2) is 8.78 Å². The maximum atomic E-state index is 13.4. The number of allylic oxidation sites excluding steroid dienone is 1. The van der Waals surface area contributed by atoms with Gasteiger partial charge in [0, 0.05) is 29.8 Å². The summed E-state index contributed by atoms with van der Waals surface area (Å²) in [5.74, 6) is -2.27. The second-order valence-corrected chi connectivity index (χ2v) is 6.80. The van der Waals surface area contributed by atoms with E-state index >= 15 is 0 Å². The number of nitrogens with zero attached hydrogens (tertiary/aromatic N) is 1. The predicted octanol–water partition coefficient (Wildman–Crippen LogP) is 6.00. The molecule has 0 aliphatic heterocycles. The Bertz CT molecular complexity index is 515. The molecule has 1 fully saturated rings. The van der Waals surface area contributed by atoms with E-state index in [4.69, 9.17) is 0 Å². The average molecular weight is 307 g/mol. The van der Waals surface area contributed by atoms with Gasteiger partial charge in [0.25, 0.3) is 5.92 Å². The lowest BCUT2D eigenvalue weighted by molar-refractivity contribution is 0.0170. The van der Waals surface area contributed by atoms with E-state index in [9.17, 15) is 8.78 Å². The third kappa shape index (κ3) is 3.39. The van der Waals surface area contributed by atoms with Crippen LogP contribution in [0.1, 0.15) is 70.6 Å². The van der Waals surface area contributed by atoms with Crippen LogP contribution in [-0.2, 0) is 11.3 Å². The van der Waals surface area contributed by atoms with Gasteiger partial charge in [-0.15, -0.1) is 0 Å². The molecule has 0 saturated heterocycles. The van der Waals surface area contributed by atoms with E-state index in [0.29, 0.717) is 5.92 Å². The van der Waals surface area contributed by atoms with E-state index in [2.05, 4.69) is 25.4 Å². The lowest BCUT2D eigenvalue weighted by Gasteiger charge is -2.29. The monoisotopic (exact) mass is 307 g/mol. The Labute approximate surface area is 132 Å². The summed E-state index contributed by atoms with van der Waals surface area (Å²) in [4.78, 5) is 4.43. The molecule has 1 heterocycles. The van der Waals surface area contributed by atoms with Crippen LogP contribution in [0, 0.1) is 5.92 Å². The smallest absolute Gasteiger partial charge is 0.260 e. The first-order valence-corrected chi connectivity index (χ1v) is 8.35. The van der Waals surface area contributed by atoms with Gasteiger partial charge >= 0.3 is 0 Å². The number of hydrogen-bond acceptors (Lipinski definition) is 1. The van der Waals surface area contributed by atoms with Gasteiger partial charge in [-0.05, 0) is 50.2 Å². The molecule has 22 heavy (non-hydrogen) atoms. The fourth-order valence-corrected chi connectivity index (χ4v) is 3.80. The molecule has 1 aromatic heterocycles. The summed E-state index contributed by atoms with van der Waals surface area (Å²) in [6, 6.07) is 3.36. The number of aromatic nitrogens is 1. The quantitative estimate of drug-likeness (QED) is 0.587. The van der Waals surface area contributed by atoms with Crippen LogP contribution in [0.3, 0.4) is 0 Å². The van der Waals surface area contributed by atoms with Gasteiger partial charge in [0.05, 0.1) is 0 Å². The van der Waals surface area contributed by atoms with Crippen LogP contribution in [0.25, 0.3) is 0 Å². The lowest BCUT2D eigenvalue weighted by atomic mass is 9.76. The van der Waals surface area contributed by atoms with E-state index in [1.165, 1.54) is 11.8 Å². The van der Waals surface area contributed by atoms with Gasteiger partial charge in [0.1, 0.15) is 0 Å². The lowest BCUT2D eigenvalue weighted by Crippen LogP contribution is -2.24. The number of alkyl halides is 2. The molecule has 3 heteroatoms. The highest BCUT2D eigenvalue weighted by atomic mass is 19.3. The van der Waals surface area contributed by atoms with Crippen molar-refractivity contribution >= 4 is 0 Å². The molecule has 0 spiro atoms. The van der Waals surface area contributed by atoms with Crippen molar-refractivity contribution in [1.82, 2.24) is 4.98 Å². The van der Waals surface area contributed by atoms with Gasteiger partial charge in [0.2, 0.25) is 0 Å². The van der Waals surface area contributed by atoms with Crippen molar-refractivity contribution in [2.45, 2.75) is 70.6 Å². The first-order chi connectivity index (χ1) is 10.3. The minimum atomic E-state index is -2.82. The van der Waals surface area contributed by atoms with Crippen LogP contribution in [-0.4, -0.2) is 4.98 Å². The van der Waals surface area contributed by atoms with Crippen LogP contribution >= 0.6 is 0 Å². The zero-order chi connectivity index (χ0) is 16.4. The van der Waals surface area contributed by atoms with E-state index in [1.807, 2.05) is 6.07 Å². The third-order valence-electron chi connectivity index (χ3n) is 5.18. The van der Waals surface area contributed by atoms with Gasteiger partial charge in [-0.1, -0.05) is 32.4 Å². The molecule has 2 rings (SSSR count). The second-order valence-electron chi connectivity index (χ2n) is 6.80. The highest BCUT2D eigenvalue weighted by Crippen LogP contribution is 2.49. The topological polar surface area (TPSA) is 12.9 Å². The van der Waals surface area contributed by atoms with E-state index in [-0.39, 0.29) is 11.0 Å². The van der Waals surface area contributed by atoms with Crippen molar-refractivity contribution < 1.29 is 8.78 Å². The Hall–Kier alpha value is -1.25. The molecule has 1 aliphatic rings. The molecule has 2 unspecified atom stereocenters. The summed E-state index contributed by atoms with van der Waals surface area (Å²) >= 11 is 0. The molecule has 0 bridgehead atoms. The van der Waals surface area contributed by atoms with Crippen molar-refractivity contribution in [2.24, 2.45) is 5.92 Å². The van der Waals surface area contributed by atoms with Crippen LogP contribution in [0.5, 0.6) is 0 Å². The minimum Gasteiger partial charge on any atom is -0.260 e. The molecular weight excluding hydrogens is 280 g/mol. The van der Waals surface area contributed by atoms with Crippen molar-refractivity contribution in [3.8, 4) is 0 Å². The summed E-state index contributed by atoms with van der Waals surface area (Å²) < 4.78 is 26.7. The summed E-state index contributed by atoms with van der Waals surface area (Å²) in [5.41, 5.74) is 2.33. The Balaban J connectivity index is 2.27. The maximum absolute atomic E-state index is 13.4. The van der Waals surface area contributed by atoms with Gasteiger partial charge < -0.3 is 0 Å². The van der Waals surface area contributed by atoms with Crippen molar-refractivity contribution in [3.05, 3.63) is 41.7 Å². The minimum absolute atomic E-state index is 0.00425. The zero-order valence-corrected chi connectivity index (χ0v) is 14.0. The SMILES string of the molecule is C=C(CC)C1CCC(CCC)(c2ccc(C(C)(F)F)cn2)C1. The van der Waals surface area contributed by atoms with E-state index in [1.54, 1.807) is 6.07 Å². The number of rotatable bonds is 6. The van der Waals surface area contributed by atoms with Gasteiger partial charge in [0.15, 0.2) is 0 Å². The summed E-state index contributed by atoms with van der Waals surface area (Å²) in [7, 11) is 0. The summed E-state index contributed by atoms with van der Waals surface area (Å²) in [5, 5.41) is 0. The normalized spacial score (nSPS) is 25.4. The molecule has 1 nitrogen and oxygen atoms in total. The molecule has 0 aromatic carbocycles. The van der Waals surface area contributed by atoms with Crippen molar-refractivity contribution in [3.63, 3.8) is 0 Å². The van der Waals surface area contributed by atoms with E-state index in [0.717, 1.165) is 51.1 Å². The van der Waals surface area contributed by atoms with Crippen LogP contribution in [0.2, 0.25) is 0 Å². The first-order valence-electron chi connectivity index (χ1n) is 8.35. The fourth-order valence-electron chi connectivity index (χ4n) is 3.80. The average Bonchev–Trinajstić information content (AvgIpc) is 2.91. The highest BCUT2D eigenvalue weighted by Gasteiger charge is 2.41. The first kappa shape index (κ1) is 17.1. The predicted molar refractivity (Wildman–Crippen MR) is 87.2 cm³/mol. The van der Waals surface area contributed by atoms with E-state index < -0.39 is 5.92 Å². The number of halogens is 2. The standard InChI is InChI=1S/C19H27F2N/c1-5-10-19(11-9-15(12-19)14(3)6-2)17-8-7-16(13-22-17)18(4,20)21/h7-8,13,15H,3,5-6,9-12H2,1-2,4H3. The molecule has 0 N–H and O–H groups in total. The van der Waals surface area contributed by atoms with Crippen molar-refractivity contribution in [1.29, 1.82) is 0 Å². The Morgan fingerprint density at radius 2 is 2.14 bits per heavy atom. The third-order valence-corrected chi connectivity index (χ3v) is 5.18. The maximum Gasteiger partial charge on any atom is 0.272 e. The van der Waals surface area contributed by atoms with Crippen LogP contribution < -0.4 is 0 Å². The molecule has 1 aromatic rings. The molecule has 0 amide bonds. The zero-order valence-electron chi connectivity index (χ0n) is 14.0. The van der Waals surface area contributed by atoms with Gasteiger partial charge in [-0.3, -0.25) is 4.98 Å². The Morgan fingerprint density at radius 3 is 2.64 bits per heavy atom. The number of hydrogen-bond donors (Lipinski definition) is 0. The largest absolute Gasteiger partial charge is 0.272 e. The molecule has 122 valence electrons. The van der Waals surface area contributed by atoms with Gasteiger partial charge in [-0.2, -0.15) is 0 Å². The highest BCUT2D eigenvalue weighted by molar-refractivity contribution is 5.26. The molecule has 0 radical (unpaired) electrons. The Kier molecular flexibility index (Phi) is 5.03.